The van der Waals surface area contributed by atoms with Crippen molar-refractivity contribution >= 4 is 11.8 Å². The van der Waals surface area contributed by atoms with Gasteiger partial charge in [-0.3, -0.25) is 19.4 Å². The summed E-state index contributed by atoms with van der Waals surface area (Å²) in [5.74, 6) is 2.91. The molecule has 0 bridgehead atoms. The van der Waals surface area contributed by atoms with Gasteiger partial charge in [-0.1, -0.05) is 13.8 Å². The molecule has 0 aromatic rings. The molecule has 0 aromatic heterocycles. The van der Waals surface area contributed by atoms with Gasteiger partial charge in [0.1, 0.15) is 11.9 Å². The molecule has 0 aromatic carbocycles. The summed E-state index contributed by atoms with van der Waals surface area (Å²) in [5, 5.41) is 0. The predicted molar refractivity (Wildman–Crippen MR) is 134 cm³/mol. The van der Waals surface area contributed by atoms with Crippen LogP contribution in [0.25, 0.3) is 0 Å². The Kier molecular flexibility index (Phi) is 6.33. The zero-order valence-electron chi connectivity index (χ0n) is 22.2. The van der Waals surface area contributed by atoms with Crippen molar-refractivity contribution in [2.45, 2.75) is 96.7 Å². The molecule has 35 heavy (non-hydrogen) atoms. The summed E-state index contributed by atoms with van der Waals surface area (Å²) >= 11 is 0. The van der Waals surface area contributed by atoms with Gasteiger partial charge in [-0.2, -0.15) is 0 Å². The molecular weight excluding hydrogens is 440 g/mol. The third-order valence-electron chi connectivity index (χ3n) is 11.8. The average Bonchev–Trinajstić information content (AvgIpc) is 3.46. The molecule has 6 rings (SSSR count). The number of hydrogen-bond acceptors (Lipinski definition) is 6. The van der Waals surface area contributed by atoms with E-state index in [4.69, 9.17) is 9.47 Å². The van der Waals surface area contributed by atoms with E-state index in [0.29, 0.717) is 35.5 Å². The first-order chi connectivity index (χ1) is 16.8. The van der Waals surface area contributed by atoms with Crippen molar-refractivity contribution in [1.82, 2.24) is 9.80 Å². The zero-order valence-corrected chi connectivity index (χ0v) is 22.2. The highest BCUT2D eigenvalue weighted by Crippen LogP contribution is 2.67. The fraction of sp³-hybridized carbons (Fsp3) is 0.931. The number of ketones is 1. The predicted octanol–water partition coefficient (Wildman–Crippen LogP) is 3.91. The average molecular weight is 487 g/mol. The normalized spacial score (nSPS) is 48.8. The minimum absolute atomic E-state index is 0.0311. The molecule has 2 saturated heterocycles. The molecular formula is C29H46N2O4. The molecule has 4 saturated carbocycles. The van der Waals surface area contributed by atoms with E-state index in [2.05, 4.69) is 23.6 Å². The van der Waals surface area contributed by atoms with Crippen molar-refractivity contribution < 1.29 is 19.1 Å². The third kappa shape index (κ3) is 3.92. The summed E-state index contributed by atoms with van der Waals surface area (Å²) in [5.41, 5.74) is 0.321. The number of carbonyl (C=O) groups is 2. The van der Waals surface area contributed by atoms with Crippen LogP contribution in [0.15, 0.2) is 0 Å². The van der Waals surface area contributed by atoms with Gasteiger partial charge in [0, 0.05) is 37.9 Å². The van der Waals surface area contributed by atoms with Crippen LogP contribution in [0, 0.1) is 34.5 Å². The molecule has 0 radical (unpaired) electrons. The third-order valence-corrected chi connectivity index (χ3v) is 11.8. The van der Waals surface area contributed by atoms with Gasteiger partial charge in [0.15, 0.2) is 0 Å². The maximum absolute atomic E-state index is 13.3. The molecule has 6 fully saturated rings. The van der Waals surface area contributed by atoms with E-state index >= 15 is 0 Å². The van der Waals surface area contributed by atoms with Gasteiger partial charge < -0.3 is 9.47 Å². The van der Waals surface area contributed by atoms with Crippen LogP contribution >= 0.6 is 0 Å². The Balaban J connectivity index is 1.27. The second-order valence-electron chi connectivity index (χ2n) is 13.3. The minimum Gasteiger partial charge on any atom is -0.460 e. The van der Waals surface area contributed by atoms with Gasteiger partial charge in [0.2, 0.25) is 0 Å². The van der Waals surface area contributed by atoms with Gasteiger partial charge in [-0.25, -0.2) is 0 Å². The molecule has 0 N–H and O–H groups in total. The van der Waals surface area contributed by atoms with Crippen molar-refractivity contribution in [2.24, 2.45) is 34.5 Å². The summed E-state index contributed by atoms with van der Waals surface area (Å²) in [4.78, 5) is 30.6. The topological polar surface area (TPSA) is 59.1 Å². The van der Waals surface area contributed by atoms with Crippen LogP contribution in [-0.2, 0) is 19.1 Å². The number of ether oxygens (including phenoxy) is 2. The lowest BCUT2D eigenvalue weighted by Crippen LogP contribution is -2.60. The van der Waals surface area contributed by atoms with Crippen LogP contribution < -0.4 is 0 Å². The van der Waals surface area contributed by atoms with Crippen LogP contribution in [0.3, 0.4) is 0 Å². The number of likely N-dealkylation sites (tertiary alicyclic amines) is 1. The van der Waals surface area contributed by atoms with E-state index in [9.17, 15) is 9.59 Å². The smallest absolute Gasteiger partial charge is 0.302 e. The van der Waals surface area contributed by atoms with Crippen molar-refractivity contribution in [2.75, 3.05) is 39.4 Å². The number of Topliss-reactive ketones (excluding diaryl/α,β-unsaturated/α-hetero) is 1. The molecule has 6 aliphatic rings. The maximum atomic E-state index is 13.3. The van der Waals surface area contributed by atoms with E-state index in [0.717, 1.165) is 58.7 Å². The van der Waals surface area contributed by atoms with Crippen LogP contribution in [-0.4, -0.2) is 79.1 Å². The van der Waals surface area contributed by atoms with Crippen LogP contribution in [0.1, 0.15) is 78.6 Å². The monoisotopic (exact) mass is 486 g/mol. The Hall–Kier alpha value is -0.980. The number of carbonyl (C=O) groups excluding carboxylic acids is 2. The molecule has 6 nitrogen and oxygen atoms in total. The number of rotatable bonds is 3. The van der Waals surface area contributed by atoms with Gasteiger partial charge in [0.25, 0.3) is 0 Å². The summed E-state index contributed by atoms with van der Waals surface area (Å²) in [6.07, 6.45) is 10.4. The lowest BCUT2D eigenvalue weighted by molar-refractivity contribution is -0.168. The molecule has 196 valence electrons. The van der Waals surface area contributed by atoms with E-state index in [1.54, 1.807) is 6.92 Å². The molecule has 9 atom stereocenters. The number of nitrogens with zero attached hydrogens (tertiary/aromatic N) is 2. The quantitative estimate of drug-likeness (QED) is 0.564. The van der Waals surface area contributed by atoms with Gasteiger partial charge in [0.05, 0.1) is 19.3 Å². The standard InChI is InChI=1S/C29H46N2O4/c1-19(32)35-27-24(30-10-4-5-11-30)17-23-21-7-6-20-16-26(33)25(31-12-14-34-15-13-31)18-29(20,3)22(21)8-9-28(23,27)2/h20-25,27H,4-18H2,1-3H3/t20-,21+,22-,23-,24-,25-,27-,28-,29-/m0/s1. The van der Waals surface area contributed by atoms with E-state index in [-0.39, 0.29) is 28.9 Å². The zero-order chi connectivity index (χ0) is 24.4. The van der Waals surface area contributed by atoms with Crippen molar-refractivity contribution in [3.8, 4) is 0 Å². The van der Waals surface area contributed by atoms with Crippen molar-refractivity contribution in [3.63, 3.8) is 0 Å². The molecule has 4 aliphatic carbocycles. The fourth-order valence-electron chi connectivity index (χ4n) is 10.1. The summed E-state index contributed by atoms with van der Waals surface area (Å²) in [6, 6.07) is 0.469. The minimum atomic E-state index is -0.113. The van der Waals surface area contributed by atoms with Crippen LogP contribution in [0.4, 0.5) is 0 Å². The second-order valence-corrected chi connectivity index (χ2v) is 13.3. The molecule has 0 spiro atoms. The molecule has 2 heterocycles. The van der Waals surface area contributed by atoms with E-state index in [1.807, 2.05) is 0 Å². The second kappa shape index (κ2) is 9.09. The number of morpholine rings is 1. The molecule has 0 amide bonds. The van der Waals surface area contributed by atoms with E-state index in [1.165, 1.54) is 38.5 Å². The Morgan fingerprint density at radius 2 is 1.71 bits per heavy atom. The summed E-state index contributed by atoms with van der Waals surface area (Å²) in [6.45, 7) is 12.2. The SMILES string of the molecule is CC(=O)O[C@H]1[C@@H](N2CCCC2)C[C@H]2[C@@H]3CC[C@H]4CC(=O)[C@@H](N5CCOCC5)C[C@]4(C)[C@H]3CC[C@@]21C. The Bertz CT molecular complexity index is 837. The first kappa shape index (κ1) is 24.4. The number of hydrogen-bond donors (Lipinski definition) is 0. The first-order valence-electron chi connectivity index (χ1n) is 14.6. The first-order valence-corrected chi connectivity index (χ1v) is 14.6. The van der Waals surface area contributed by atoms with Crippen molar-refractivity contribution in [3.05, 3.63) is 0 Å². The number of esters is 1. The Morgan fingerprint density at radius 3 is 2.43 bits per heavy atom. The van der Waals surface area contributed by atoms with Crippen LogP contribution in [0.5, 0.6) is 0 Å². The Labute approximate surface area is 211 Å². The highest BCUT2D eigenvalue weighted by atomic mass is 16.5. The largest absolute Gasteiger partial charge is 0.460 e. The molecule has 0 unspecified atom stereocenters. The maximum Gasteiger partial charge on any atom is 0.302 e. The van der Waals surface area contributed by atoms with E-state index < -0.39 is 0 Å². The highest BCUT2D eigenvalue weighted by Gasteiger charge is 2.65. The lowest BCUT2D eigenvalue weighted by Gasteiger charge is -2.61. The number of fused-ring (bicyclic) bond motifs is 5. The lowest BCUT2D eigenvalue weighted by atomic mass is 9.44. The van der Waals surface area contributed by atoms with Crippen molar-refractivity contribution in [1.29, 1.82) is 0 Å². The summed E-state index contributed by atoms with van der Waals surface area (Å²) in [7, 11) is 0. The Morgan fingerprint density at radius 1 is 0.971 bits per heavy atom. The summed E-state index contributed by atoms with van der Waals surface area (Å²) < 4.78 is 11.8. The highest BCUT2D eigenvalue weighted by molar-refractivity contribution is 5.85. The fourth-order valence-corrected chi connectivity index (χ4v) is 10.1. The molecule has 6 heteroatoms. The van der Waals surface area contributed by atoms with Gasteiger partial charge in [-0.05, 0) is 93.5 Å². The molecule has 2 aliphatic heterocycles. The van der Waals surface area contributed by atoms with Gasteiger partial charge in [-0.15, -0.1) is 0 Å². The van der Waals surface area contributed by atoms with Crippen LogP contribution in [0.2, 0.25) is 0 Å². The van der Waals surface area contributed by atoms with Gasteiger partial charge >= 0.3 is 5.97 Å².